The van der Waals surface area contributed by atoms with Crippen LogP contribution in [-0.4, -0.2) is 11.9 Å². The van der Waals surface area contributed by atoms with E-state index in [0.29, 0.717) is 0 Å². The summed E-state index contributed by atoms with van der Waals surface area (Å²) in [5.74, 6) is 1.15. The average molecular weight is 277 g/mol. The molecule has 0 aliphatic rings. The van der Waals surface area contributed by atoms with E-state index in [9.17, 15) is 0 Å². The monoisotopic (exact) mass is 276 g/mol. The third-order valence-electron chi connectivity index (χ3n) is 2.22. The Balaban J connectivity index is 3.13. The second kappa shape index (κ2) is 9.58. The molecule has 0 aromatic heterocycles. The summed E-state index contributed by atoms with van der Waals surface area (Å²) >= 11 is 14.1. The van der Waals surface area contributed by atoms with E-state index >= 15 is 0 Å². The second-order valence-corrected chi connectivity index (χ2v) is 15.0. The predicted molar refractivity (Wildman–Crippen MR) is 76.4 cm³/mol. The summed E-state index contributed by atoms with van der Waals surface area (Å²) in [5.41, 5.74) is 0. The second-order valence-electron chi connectivity index (χ2n) is 3.61. The molecule has 0 radical (unpaired) electrons. The first-order valence-corrected chi connectivity index (χ1v) is 11.6. The molecule has 14 heavy (non-hydrogen) atoms. The fourth-order valence-electron chi connectivity index (χ4n) is 1.21. The van der Waals surface area contributed by atoms with Gasteiger partial charge in [-0.2, -0.15) is 0 Å². The van der Waals surface area contributed by atoms with Gasteiger partial charge in [-0.25, -0.2) is 0 Å². The Morgan fingerprint density at radius 1 is 0.929 bits per heavy atom. The Morgan fingerprint density at radius 3 is 2.07 bits per heavy atom. The van der Waals surface area contributed by atoms with E-state index in [0.717, 1.165) is 11.9 Å². The van der Waals surface area contributed by atoms with Crippen LogP contribution in [0.5, 0.6) is 0 Å². The average Bonchev–Trinajstić information content (AvgIpc) is 2.16. The van der Waals surface area contributed by atoms with Crippen molar-refractivity contribution in [3.8, 4) is 0 Å². The molecule has 0 heterocycles. The molecule has 0 saturated carbocycles. The van der Waals surface area contributed by atoms with Crippen molar-refractivity contribution in [1.29, 1.82) is 0 Å². The van der Waals surface area contributed by atoms with Gasteiger partial charge in [-0.3, -0.25) is 0 Å². The molecule has 0 aromatic rings. The summed E-state index contributed by atoms with van der Waals surface area (Å²) < 4.78 is 0. The zero-order valence-electron chi connectivity index (χ0n) is 9.32. The standard InChI is InChI=1S/C10H23Cl2PS/c1-3-5-6-7-8-9-10-14-13(11,12)4-2/h13H,3-10H2,1-2H3. The van der Waals surface area contributed by atoms with E-state index in [1.807, 2.05) is 11.4 Å². The summed E-state index contributed by atoms with van der Waals surface area (Å²) in [6.45, 7) is 4.33. The van der Waals surface area contributed by atoms with Crippen molar-refractivity contribution in [3.63, 3.8) is 0 Å². The zero-order valence-corrected chi connectivity index (χ0v) is 12.6. The summed E-state index contributed by atoms with van der Waals surface area (Å²) in [5, 5.41) is -1.89. The number of unbranched alkanes of at least 4 members (excludes halogenated alkanes) is 5. The van der Waals surface area contributed by atoms with Gasteiger partial charge in [0.15, 0.2) is 0 Å². The number of hydrogen-bond acceptors (Lipinski definition) is 1. The van der Waals surface area contributed by atoms with Gasteiger partial charge in [-0.1, -0.05) is 0 Å². The van der Waals surface area contributed by atoms with Crippen LogP contribution in [0.4, 0.5) is 0 Å². The van der Waals surface area contributed by atoms with Crippen LogP contribution < -0.4 is 0 Å². The van der Waals surface area contributed by atoms with Crippen LogP contribution in [0, 0.1) is 0 Å². The third kappa shape index (κ3) is 9.90. The number of halogens is 2. The van der Waals surface area contributed by atoms with Gasteiger partial charge < -0.3 is 0 Å². The zero-order chi connectivity index (χ0) is 10.9. The summed E-state index contributed by atoms with van der Waals surface area (Å²) in [7, 11) is 0. The van der Waals surface area contributed by atoms with Gasteiger partial charge in [0, 0.05) is 0 Å². The molecule has 0 spiro atoms. The van der Waals surface area contributed by atoms with E-state index in [2.05, 4.69) is 13.8 Å². The van der Waals surface area contributed by atoms with Gasteiger partial charge in [0.2, 0.25) is 0 Å². The van der Waals surface area contributed by atoms with E-state index < -0.39 is 5.17 Å². The summed E-state index contributed by atoms with van der Waals surface area (Å²) in [4.78, 5) is 0. The molecule has 0 aliphatic carbocycles. The molecular weight excluding hydrogens is 254 g/mol. The molecule has 0 atom stereocenters. The molecule has 0 bridgehead atoms. The molecule has 0 rings (SSSR count). The Bertz CT molecular complexity index is 131. The molecule has 0 N–H and O–H groups in total. The van der Waals surface area contributed by atoms with Crippen molar-refractivity contribution in [1.82, 2.24) is 0 Å². The Kier molecular flexibility index (Phi) is 10.5. The van der Waals surface area contributed by atoms with Crippen LogP contribution in [0.1, 0.15) is 52.4 Å². The molecule has 0 aliphatic heterocycles. The van der Waals surface area contributed by atoms with E-state index in [-0.39, 0.29) is 0 Å². The van der Waals surface area contributed by atoms with Gasteiger partial charge in [0.05, 0.1) is 0 Å². The van der Waals surface area contributed by atoms with Crippen molar-refractivity contribution in [2.75, 3.05) is 11.9 Å². The van der Waals surface area contributed by atoms with Gasteiger partial charge >= 0.3 is 103 Å². The molecule has 4 heteroatoms. The van der Waals surface area contributed by atoms with Crippen LogP contribution in [-0.2, 0) is 0 Å². The van der Waals surface area contributed by atoms with Crippen LogP contribution in [0.15, 0.2) is 0 Å². The molecule has 0 amide bonds. The molecule has 0 unspecified atom stereocenters. The first-order chi connectivity index (χ1) is 6.62. The van der Waals surface area contributed by atoms with Crippen molar-refractivity contribution in [2.45, 2.75) is 52.4 Å². The minimum atomic E-state index is -1.89. The first kappa shape index (κ1) is 15.4. The van der Waals surface area contributed by atoms with Crippen molar-refractivity contribution < 1.29 is 0 Å². The quantitative estimate of drug-likeness (QED) is 0.364. The fourth-order valence-corrected chi connectivity index (χ4v) is 5.39. The normalized spacial score (nSPS) is 13.1. The number of hydrogen-bond donors (Lipinski definition) is 0. The minimum absolute atomic E-state index is 0.955. The maximum atomic E-state index is 6.15. The van der Waals surface area contributed by atoms with Crippen LogP contribution in [0.25, 0.3) is 0 Å². The van der Waals surface area contributed by atoms with Crippen molar-refractivity contribution in [3.05, 3.63) is 0 Å². The maximum absolute atomic E-state index is 6.15. The van der Waals surface area contributed by atoms with Crippen LogP contribution >= 0.6 is 39.0 Å². The topological polar surface area (TPSA) is 0 Å². The predicted octanol–water partition coefficient (Wildman–Crippen LogP) is 6.07. The fraction of sp³-hybridized carbons (Fsp3) is 1.00. The molecule has 0 aromatic carbocycles. The molecule has 0 saturated heterocycles. The van der Waals surface area contributed by atoms with Gasteiger partial charge in [0.1, 0.15) is 0 Å². The molecule has 88 valence electrons. The van der Waals surface area contributed by atoms with E-state index in [4.69, 9.17) is 22.5 Å². The first-order valence-electron chi connectivity index (χ1n) is 5.64. The van der Waals surface area contributed by atoms with Gasteiger partial charge in [0.25, 0.3) is 0 Å². The Labute approximate surface area is 103 Å². The molecular formula is C10H23Cl2PS. The molecule has 0 fully saturated rings. The molecule has 0 nitrogen and oxygen atoms in total. The van der Waals surface area contributed by atoms with E-state index in [1.54, 1.807) is 0 Å². The Morgan fingerprint density at radius 2 is 1.50 bits per heavy atom. The SMILES string of the molecule is CCCCCCCCS[PH](Cl)(Cl)CC. The van der Waals surface area contributed by atoms with Crippen LogP contribution in [0.3, 0.4) is 0 Å². The van der Waals surface area contributed by atoms with Gasteiger partial charge in [-0.05, 0) is 0 Å². The van der Waals surface area contributed by atoms with Crippen molar-refractivity contribution >= 4 is 39.0 Å². The summed E-state index contributed by atoms with van der Waals surface area (Å²) in [6, 6.07) is 0. The van der Waals surface area contributed by atoms with Gasteiger partial charge in [-0.15, -0.1) is 0 Å². The van der Waals surface area contributed by atoms with Crippen molar-refractivity contribution in [2.24, 2.45) is 0 Å². The van der Waals surface area contributed by atoms with Crippen LogP contribution in [0.2, 0.25) is 0 Å². The third-order valence-corrected chi connectivity index (χ3v) is 10.3. The number of rotatable bonds is 9. The summed E-state index contributed by atoms with van der Waals surface area (Å²) in [6.07, 6.45) is 9.04. The van der Waals surface area contributed by atoms with E-state index in [1.165, 1.54) is 38.5 Å². The Hall–Kier alpha value is 1.36.